The highest BCUT2D eigenvalue weighted by molar-refractivity contribution is 5.71. The van der Waals surface area contributed by atoms with E-state index in [9.17, 15) is 14.5 Å². The van der Waals surface area contributed by atoms with E-state index in [1.54, 1.807) is 24.3 Å². The van der Waals surface area contributed by atoms with Crippen LogP contribution in [0.15, 0.2) is 54.6 Å². The molecule has 2 aromatic rings. The number of rotatable bonds is 2. The zero-order chi connectivity index (χ0) is 16.0. The summed E-state index contributed by atoms with van der Waals surface area (Å²) >= 11 is 0. The molecule has 116 valence electrons. The fourth-order valence-corrected chi connectivity index (χ4v) is 3.79. The monoisotopic (exact) mass is 310 g/mol. The Morgan fingerprint density at radius 3 is 2.70 bits per heavy atom. The lowest BCUT2D eigenvalue weighted by Crippen LogP contribution is -2.30. The van der Waals surface area contributed by atoms with Gasteiger partial charge in [0.2, 0.25) is 0 Å². The Bertz CT molecular complexity index is 818. The molecule has 4 rings (SSSR count). The second kappa shape index (κ2) is 5.19. The fourth-order valence-electron chi connectivity index (χ4n) is 3.79. The topological polar surface area (TPSA) is 55.2 Å². The number of nitro groups is 1. The van der Waals surface area contributed by atoms with E-state index >= 15 is 0 Å². The van der Waals surface area contributed by atoms with E-state index in [2.05, 4.69) is 17.5 Å². The minimum atomic E-state index is -0.386. The maximum atomic E-state index is 14.3. The minimum absolute atomic E-state index is 0.0441. The van der Waals surface area contributed by atoms with Crippen molar-refractivity contribution in [3.8, 4) is 0 Å². The first-order valence-corrected chi connectivity index (χ1v) is 7.61. The van der Waals surface area contributed by atoms with Crippen molar-refractivity contribution in [3.05, 3.63) is 81.7 Å². The van der Waals surface area contributed by atoms with Gasteiger partial charge in [-0.3, -0.25) is 10.1 Å². The summed E-state index contributed by atoms with van der Waals surface area (Å²) in [5, 5.41) is 14.6. The van der Waals surface area contributed by atoms with Crippen LogP contribution in [0.2, 0.25) is 0 Å². The van der Waals surface area contributed by atoms with E-state index in [4.69, 9.17) is 0 Å². The van der Waals surface area contributed by atoms with E-state index in [-0.39, 0.29) is 34.3 Å². The molecule has 0 saturated carbocycles. The molecule has 0 unspecified atom stereocenters. The fraction of sp³-hybridized carbons (Fsp3) is 0.222. The smallest absolute Gasteiger partial charge is 0.292 e. The van der Waals surface area contributed by atoms with Crippen LogP contribution in [0, 0.1) is 21.8 Å². The molecule has 3 atom stereocenters. The maximum Gasteiger partial charge on any atom is 0.292 e. The van der Waals surface area contributed by atoms with Crippen molar-refractivity contribution in [2.75, 3.05) is 5.32 Å². The second-order valence-corrected chi connectivity index (χ2v) is 6.00. The number of allylic oxidation sites excluding steroid dienone is 2. The molecule has 23 heavy (non-hydrogen) atoms. The van der Waals surface area contributed by atoms with Crippen LogP contribution in [0.4, 0.5) is 15.8 Å². The molecule has 5 heteroatoms. The van der Waals surface area contributed by atoms with Crippen LogP contribution in [0.25, 0.3) is 0 Å². The van der Waals surface area contributed by atoms with E-state index < -0.39 is 0 Å². The molecule has 1 N–H and O–H groups in total. The molecular formula is C18H15FN2O2. The number of hydrogen-bond acceptors (Lipinski definition) is 3. The number of hydrogen-bond donors (Lipinski definition) is 1. The zero-order valence-electron chi connectivity index (χ0n) is 12.3. The maximum absolute atomic E-state index is 14.3. The van der Waals surface area contributed by atoms with E-state index in [0.717, 1.165) is 12.0 Å². The quantitative estimate of drug-likeness (QED) is 0.502. The Balaban J connectivity index is 1.87. The summed E-state index contributed by atoms with van der Waals surface area (Å²) in [7, 11) is 0. The van der Waals surface area contributed by atoms with Gasteiger partial charge in [-0.1, -0.05) is 42.5 Å². The highest BCUT2D eigenvalue weighted by atomic mass is 19.1. The lowest BCUT2D eigenvalue weighted by molar-refractivity contribution is -0.384. The Morgan fingerprint density at radius 2 is 1.91 bits per heavy atom. The third-order valence-corrected chi connectivity index (χ3v) is 4.81. The van der Waals surface area contributed by atoms with Gasteiger partial charge in [0.25, 0.3) is 5.69 Å². The van der Waals surface area contributed by atoms with Crippen LogP contribution in [-0.2, 0) is 0 Å². The van der Waals surface area contributed by atoms with Crippen LogP contribution in [0.1, 0.15) is 29.5 Å². The molecule has 1 heterocycles. The third kappa shape index (κ3) is 2.11. The van der Waals surface area contributed by atoms with Crippen molar-refractivity contribution in [1.82, 2.24) is 0 Å². The number of benzene rings is 2. The SMILES string of the molecule is O=[N+]([O-])c1cccc2c1N[C@@H](c1ccccc1F)[C@H]1CC=C[C@H]21. The van der Waals surface area contributed by atoms with Gasteiger partial charge in [-0.25, -0.2) is 4.39 Å². The summed E-state index contributed by atoms with van der Waals surface area (Å²) < 4.78 is 14.3. The summed E-state index contributed by atoms with van der Waals surface area (Å²) in [6.07, 6.45) is 5.00. The molecule has 2 aromatic carbocycles. The number of fused-ring (bicyclic) bond motifs is 3. The average molecular weight is 310 g/mol. The third-order valence-electron chi connectivity index (χ3n) is 4.81. The van der Waals surface area contributed by atoms with Gasteiger partial charge in [0.1, 0.15) is 11.5 Å². The lowest BCUT2D eigenvalue weighted by atomic mass is 9.76. The predicted octanol–water partition coefficient (Wildman–Crippen LogP) is 4.56. The van der Waals surface area contributed by atoms with Crippen molar-refractivity contribution in [2.24, 2.45) is 5.92 Å². The van der Waals surface area contributed by atoms with Crippen LogP contribution in [0.3, 0.4) is 0 Å². The van der Waals surface area contributed by atoms with Crippen LogP contribution in [0.5, 0.6) is 0 Å². The van der Waals surface area contributed by atoms with E-state index in [1.807, 2.05) is 6.07 Å². The summed E-state index contributed by atoms with van der Waals surface area (Å²) in [5.41, 5.74) is 2.04. The summed E-state index contributed by atoms with van der Waals surface area (Å²) in [6, 6.07) is 11.5. The van der Waals surface area contributed by atoms with Crippen molar-refractivity contribution < 1.29 is 9.31 Å². The number of nitro benzene ring substituents is 1. The largest absolute Gasteiger partial charge is 0.372 e. The molecule has 2 aliphatic rings. The van der Waals surface area contributed by atoms with Crippen LogP contribution < -0.4 is 5.32 Å². The number of para-hydroxylation sites is 1. The Morgan fingerprint density at radius 1 is 1.13 bits per heavy atom. The van der Waals surface area contributed by atoms with Gasteiger partial charge in [0.05, 0.1) is 11.0 Å². The average Bonchev–Trinajstić information content (AvgIpc) is 3.04. The van der Waals surface area contributed by atoms with Crippen molar-refractivity contribution >= 4 is 11.4 Å². The van der Waals surface area contributed by atoms with Gasteiger partial charge >= 0.3 is 0 Å². The standard InChI is InChI=1S/C18H15FN2O2/c19-15-9-2-1-5-14(15)17-12-7-3-6-11(12)13-8-4-10-16(21(22)23)18(13)20-17/h1-6,8-12,17,20H,7H2/t11-,12-,17+/m0/s1. The summed E-state index contributed by atoms with van der Waals surface area (Å²) in [4.78, 5) is 11.0. The lowest BCUT2D eigenvalue weighted by Gasteiger charge is -2.37. The molecule has 0 saturated heterocycles. The zero-order valence-corrected chi connectivity index (χ0v) is 12.3. The number of anilines is 1. The van der Waals surface area contributed by atoms with Gasteiger partial charge in [0.15, 0.2) is 0 Å². The first-order valence-electron chi connectivity index (χ1n) is 7.61. The summed E-state index contributed by atoms with van der Waals surface area (Å²) in [5.74, 6) is -0.0326. The van der Waals surface area contributed by atoms with Gasteiger partial charge in [-0.15, -0.1) is 0 Å². The van der Waals surface area contributed by atoms with Crippen LogP contribution >= 0.6 is 0 Å². The van der Waals surface area contributed by atoms with Crippen LogP contribution in [-0.4, -0.2) is 4.92 Å². The van der Waals surface area contributed by atoms with E-state index in [0.29, 0.717) is 11.3 Å². The molecule has 1 aliphatic heterocycles. The number of halogens is 1. The summed E-state index contributed by atoms with van der Waals surface area (Å²) in [6.45, 7) is 0. The highest BCUT2D eigenvalue weighted by Crippen LogP contribution is 2.52. The van der Waals surface area contributed by atoms with Gasteiger partial charge in [-0.2, -0.15) is 0 Å². The normalized spacial score (nSPS) is 24.7. The molecule has 0 aromatic heterocycles. The molecule has 0 bridgehead atoms. The second-order valence-electron chi connectivity index (χ2n) is 6.00. The molecule has 4 nitrogen and oxygen atoms in total. The Kier molecular flexibility index (Phi) is 3.15. The van der Waals surface area contributed by atoms with Gasteiger partial charge in [0, 0.05) is 17.5 Å². The molecule has 0 fully saturated rings. The predicted molar refractivity (Wildman–Crippen MR) is 85.8 cm³/mol. The molecule has 1 aliphatic carbocycles. The Labute approximate surface area is 132 Å². The Hall–Kier alpha value is -2.69. The minimum Gasteiger partial charge on any atom is -0.372 e. The number of nitrogens with zero attached hydrogens (tertiary/aromatic N) is 1. The molecule has 0 amide bonds. The molecule has 0 radical (unpaired) electrons. The van der Waals surface area contributed by atoms with Gasteiger partial charge in [-0.05, 0) is 24.0 Å². The first kappa shape index (κ1) is 13.9. The number of nitrogens with one attached hydrogen (secondary N) is 1. The van der Waals surface area contributed by atoms with Crippen molar-refractivity contribution in [3.63, 3.8) is 0 Å². The van der Waals surface area contributed by atoms with Crippen molar-refractivity contribution in [1.29, 1.82) is 0 Å². The van der Waals surface area contributed by atoms with E-state index in [1.165, 1.54) is 12.1 Å². The van der Waals surface area contributed by atoms with Crippen molar-refractivity contribution in [2.45, 2.75) is 18.4 Å². The van der Waals surface area contributed by atoms with Gasteiger partial charge < -0.3 is 5.32 Å². The highest BCUT2D eigenvalue weighted by Gasteiger charge is 2.41. The molecular weight excluding hydrogens is 295 g/mol. The first-order chi connectivity index (χ1) is 11.2. The molecule has 0 spiro atoms.